The van der Waals surface area contributed by atoms with E-state index in [1.807, 2.05) is 0 Å². The van der Waals surface area contributed by atoms with Gasteiger partial charge in [-0.2, -0.15) is 0 Å². The first-order chi connectivity index (χ1) is 12.9. The lowest BCUT2D eigenvalue weighted by atomic mass is 10.0. The average Bonchev–Trinajstić information content (AvgIpc) is 2.67. The Balaban J connectivity index is 1.81. The van der Waals surface area contributed by atoms with Crippen molar-refractivity contribution in [1.29, 1.82) is 0 Å². The Morgan fingerprint density at radius 1 is 1.26 bits per heavy atom. The van der Waals surface area contributed by atoms with Crippen LogP contribution in [0.3, 0.4) is 0 Å². The first kappa shape index (κ1) is 20.8. The molecule has 0 aliphatic carbocycles. The van der Waals surface area contributed by atoms with Crippen LogP contribution in [0.2, 0.25) is 0 Å². The molecule has 0 radical (unpaired) electrons. The molecule has 0 aromatic heterocycles. The van der Waals surface area contributed by atoms with Gasteiger partial charge in [0.25, 0.3) is 11.6 Å². The summed E-state index contributed by atoms with van der Waals surface area (Å²) in [5.74, 6) is -0.460. The minimum absolute atomic E-state index is 0.144. The molecule has 1 unspecified atom stereocenters. The van der Waals surface area contributed by atoms with Crippen molar-refractivity contribution in [2.24, 2.45) is 5.92 Å². The summed E-state index contributed by atoms with van der Waals surface area (Å²) in [5.41, 5.74) is -0.0252. The van der Waals surface area contributed by atoms with Crippen molar-refractivity contribution in [2.45, 2.75) is 19.9 Å². The van der Waals surface area contributed by atoms with Gasteiger partial charge in [-0.1, -0.05) is 19.9 Å². The summed E-state index contributed by atoms with van der Waals surface area (Å²) in [6.45, 7) is 7.57. The van der Waals surface area contributed by atoms with Gasteiger partial charge in [0.15, 0.2) is 0 Å². The third-order valence-corrected chi connectivity index (χ3v) is 4.52. The number of hydrogen-bond acceptors (Lipinski definition) is 6. The number of carbonyl (C=O) groups is 2. The zero-order valence-corrected chi connectivity index (χ0v) is 15.6. The monoisotopic (exact) mass is 378 g/mol. The number of ether oxygens (including phenoxy) is 1. The molecule has 1 aliphatic rings. The average molecular weight is 378 g/mol. The van der Waals surface area contributed by atoms with Gasteiger partial charge in [0.05, 0.1) is 24.7 Å². The van der Waals surface area contributed by atoms with Gasteiger partial charge in [-0.15, -0.1) is 0 Å². The Labute approximate surface area is 158 Å². The number of nitrogens with one attached hydrogen (secondary N) is 2. The molecule has 9 nitrogen and oxygen atoms in total. The first-order valence-corrected chi connectivity index (χ1v) is 8.99. The zero-order chi connectivity index (χ0) is 19.8. The molecule has 9 heteroatoms. The van der Waals surface area contributed by atoms with Crippen LogP contribution in [0, 0.1) is 16.0 Å². The van der Waals surface area contributed by atoms with Gasteiger partial charge in [-0.05, 0) is 12.0 Å². The third kappa shape index (κ3) is 6.30. The molecular weight excluding hydrogens is 352 g/mol. The fraction of sp³-hybridized carbons (Fsp3) is 0.556. The van der Waals surface area contributed by atoms with Crippen molar-refractivity contribution in [2.75, 3.05) is 39.4 Å². The number of benzene rings is 1. The first-order valence-electron chi connectivity index (χ1n) is 8.99. The van der Waals surface area contributed by atoms with Crippen molar-refractivity contribution in [3.8, 4) is 0 Å². The summed E-state index contributed by atoms with van der Waals surface area (Å²) in [6, 6.07) is 5.59. The molecule has 2 amide bonds. The van der Waals surface area contributed by atoms with Crippen molar-refractivity contribution >= 4 is 17.5 Å². The van der Waals surface area contributed by atoms with Crippen LogP contribution in [-0.4, -0.2) is 67.1 Å². The van der Waals surface area contributed by atoms with E-state index in [1.165, 1.54) is 24.3 Å². The summed E-state index contributed by atoms with van der Waals surface area (Å²) >= 11 is 0. The summed E-state index contributed by atoms with van der Waals surface area (Å²) in [4.78, 5) is 36.7. The van der Waals surface area contributed by atoms with Crippen molar-refractivity contribution in [3.05, 3.63) is 39.9 Å². The Bertz CT molecular complexity index is 673. The van der Waals surface area contributed by atoms with E-state index in [9.17, 15) is 19.7 Å². The van der Waals surface area contributed by atoms with E-state index in [-0.39, 0.29) is 29.7 Å². The number of non-ortho nitro benzene ring substituents is 1. The summed E-state index contributed by atoms with van der Waals surface area (Å²) < 4.78 is 5.37. The summed E-state index contributed by atoms with van der Waals surface area (Å²) in [6.07, 6.45) is 0. The van der Waals surface area contributed by atoms with Crippen LogP contribution in [0.1, 0.15) is 24.2 Å². The SMILES string of the molecule is CC(C)C(CNC(=O)CNC(=O)c1cccc([N+](=O)[O-])c1)N1CCOCC1. The van der Waals surface area contributed by atoms with Crippen LogP contribution >= 0.6 is 0 Å². The maximum Gasteiger partial charge on any atom is 0.270 e. The van der Waals surface area contributed by atoms with Gasteiger partial charge in [0, 0.05) is 43.4 Å². The largest absolute Gasteiger partial charge is 0.379 e. The second-order valence-corrected chi connectivity index (χ2v) is 6.75. The molecule has 0 saturated carbocycles. The van der Waals surface area contributed by atoms with Crippen LogP contribution < -0.4 is 10.6 Å². The van der Waals surface area contributed by atoms with E-state index < -0.39 is 10.8 Å². The fourth-order valence-corrected chi connectivity index (χ4v) is 3.00. The predicted octanol–water partition coefficient (Wildman–Crippen LogP) is 0.798. The molecule has 1 heterocycles. The molecule has 148 valence electrons. The van der Waals surface area contributed by atoms with E-state index in [4.69, 9.17) is 4.74 Å². The normalized spacial score (nSPS) is 16.0. The van der Waals surface area contributed by atoms with Crippen LogP contribution in [0.5, 0.6) is 0 Å². The Morgan fingerprint density at radius 3 is 2.59 bits per heavy atom. The van der Waals surface area contributed by atoms with Crippen molar-refractivity contribution in [1.82, 2.24) is 15.5 Å². The number of nitro benzene ring substituents is 1. The highest BCUT2D eigenvalue weighted by molar-refractivity contribution is 5.96. The number of nitro groups is 1. The van der Waals surface area contributed by atoms with E-state index in [0.717, 1.165) is 13.1 Å². The smallest absolute Gasteiger partial charge is 0.270 e. The molecule has 2 rings (SSSR count). The number of morpholine rings is 1. The number of nitrogens with zero attached hydrogens (tertiary/aromatic N) is 2. The topological polar surface area (TPSA) is 114 Å². The van der Waals surface area contributed by atoms with Gasteiger partial charge in [-0.25, -0.2) is 0 Å². The van der Waals surface area contributed by atoms with Gasteiger partial charge in [0.1, 0.15) is 0 Å². The highest BCUT2D eigenvalue weighted by Gasteiger charge is 2.24. The molecule has 1 aliphatic heterocycles. The molecule has 1 aromatic carbocycles. The van der Waals surface area contributed by atoms with E-state index in [2.05, 4.69) is 29.4 Å². The molecule has 0 bridgehead atoms. The Hall–Kier alpha value is -2.52. The van der Waals surface area contributed by atoms with E-state index in [0.29, 0.717) is 25.7 Å². The third-order valence-electron chi connectivity index (χ3n) is 4.52. The van der Waals surface area contributed by atoms with Crippen LogP contribution in [-0.2, 0) is 9.53 Å². The maximum atomic E-state index is 12.1. The Kier molecular flexibility index (Phi) is 7.68. The number of amides is 2. The highest BCUT2D eigenvalue weighted by atomic mass is 16.6. The number of carbonyl (C=O) groups excluding carboxylic acids is 2. The Morgan fingerprint density at radius 2 is 1.96 bits per heavy atom. The number of hydrogen-bond donors (Lipinski definition) is 2. The van der Waals surface area contributed by atoms with Gasteiger partial charge in [-0.3, -0.25) is 24.6 Å². The van der Waals surface area contributed by atoms with E-state index in [1.54, 1.807) is 0 Å². The summed E-state index contributed by atoms with van der Waals surface area (Å²) in [7, 11) is 0. The molecule has 1 aromatic rings. The fourth-order valence-electron chi connectivity index (χ4n) is 3.00. The second-order valence-electron chi connectivity index (χ2n) is 6.75. The van der Waals surface area contributed by atoms with Crippen molar-refractivity contribution < 1.29 is 19.2 Å². The van der Waals surface area contributed by atoms with E-state index >= 15 is 0 Å². The molecule has 1 saturated heterocycles. The zero-order valence-electron chi connectivity index (χ0n) is 15.6. The van der Waals surface area contributed by atoms with Gasteiger partial charge >= 0.3 is 0 Å². The molecule has 0 spiro atoms. The highest BCUT2D eigenvalue weighted by Crippen LogP contribution is 2.13. The number of rotatable bonds is 8. The lowest BCUT2D eigenvalue weighted by molar-refractivity contribution is -0.384. The maximum absolute atomic E-state index is 12.1. The van der Waals surface area contributed by atoms with Crippen LogP contribution in [0.4, 0.5) is 5.69 Å². The lowest BCUT2D eigenvalue weighted by Crippen LogP contribution is -2.52. The molecule has 27 heavy (non-hydrogen) atoms. The summed E-state index contributed by atoms with van der Waals surface area (Å²) in [5, 5.41) is 16.1. The van der Waals surface area contributed by atoms with Crippen LogP contribution in [0.15, 0.2) is 24.3 Å². The quantitative estimate of drug-likeness (QED) is 0.511. The molecular formula is C18H26N4O5. The van der Waals surface area contributed by atoms with Gasteiger partial charge in [0.2, 0.25) is 5.91 Å². The standard InChI is InChI=1S/C18H26N4O5/c1-13(2)16(21-6-8-27-9-7-21)11-19-17(23)12-20-18(24)14-4-3-5-15(10-14)22(25)26/h3-5,10,13,16H,6-9,11-12H2,1-2H3,(H,19,23)(H,20,24). The minimum atomic E-state index is -0.568. The molecule has 1 atom stereocenters. The predicted molar refractivity (Wildman–Crippen MR) is 99.5 cm³/mol. The van der Waals surface area contributed by atoms with Crippen molar-refractivity contribution in [3.63, 3.8) is 0 Å². The second kappa shape index (κ2) is 9.98. The molecule has 2 N–H and O–H groups in total. The minimum Gasteiger partial charge on any atom is -0.379 e. The van der Waals surface area contributed by atoms with Crippen LogP contribution in [0.25, 0.3) is 0 Å². The van der Waals surface area contributed by atoms with Gasteiger partial charge < -0.3 is 15.4 Å². The lowest BCUT2D eigenvalue weighted by Gasteiger charge is -2.36. The molecule has 1 fully saturated rings.